The summed E-state index contributed by atoms with van der Waals surface area (Å²) in [6, 6.07) is 42.0. The quantitative estimate of drug-likeness (QED) is 0.0419. The Labute approximate surface area is 381 Å². The van der Waals surface area contributed by atoms with Gasteiger partial charge in [0.05, 0.1) is 25.3 Å². The SMILES string of the molecule is COc1ccc(CN2CCC(COC(=O)[C@](O)(c3ccccc3)c3cccc(-c4ccc(CCC(=O)c5ccc(CNC[C@H](O)c6ccc(O)c7[nH]c(=O)ccc67)cc5)s4)c3)CC2)cc1. The highest BCUT2D eigenvalue weighted by atomic mass is 32.1. The first-order valence-corrected chi connectivity index (χ1v) is 22.7. The number of pyridine rings is 1. The maximum absolute atomic E-state index is 14.0. The number of phenolic OH excluding ortho intramolecular Hbond substituents is 1. The van der Waals surface area contributed by atoms with E-state index in [1.54, 1.807) is 60.9 Å². The molecule has 11 nitrogen and oxygen atoms in total. The molecule has 65 heavy (non-hydrogen) atoms. The number of aromatic nitrogens is 1. The molecule has 1 aliphatic heterocycles. The number of nitrogens with zero attached hydrogens (tertiary/aromatic N) is 1. The van der Waals surface area contributed by atoms with E-state index in [1.165, 1.54) is 17.7 Å². The second kappa shape index (κ2) is 20.6. The van der Waals surface area contributed by atoms with E-state index in [-0.39, 0.29) is 41.7 Å². The Balaban J connectivity index is 0.842. The van der Waals surface area contributed by atoms with Crippen molar-refractivity contribution in [3.05, 3.63) is 188 Å². The van der Waals surface area contributed by atoms with E-state index >= 15 is 0 Å². The van der Waals surface area contributed by atoms with Crippen molar-refractivity contribution in [3.63, 3.8) is 0 Å². The number of fused-ring (bicyclic) bond motifs is 1. The monoisotopic (exact) mass is 891 g/mol. The fraction of sp³-hybridized carbons (Fsp3) is 0.264. The zero-order chi connectivity index (χ0) is 45.3. The van der Waals surface area contributed by atoms with Crippen LogP contribution in [0.25, 0.3) is 21.3 Å². The van der Waals surface area contributed by atoms with Crippen LogP contribution in [0.1, 0.15) is 68.4 Å². The van der Waals surface area contributed by atoms with Gasteiger partial charge in [0.1, 0.15) is 11.5 Å². The van der Waals surface area contributed by atoms with Crippen LogP contribution < -0.4 is 15.6 Å². The van der Waals surface area contributed by atoms with Crippen LogP contribution in [-0.4, -0.2) is 70.3 Å². The van der Waals surface area contributed by atoms with Gasteiger partial charge in [-0.15, -0.1) is 11.3 Å². The number of aromatic amines is 1. The summed E-state index contributed by atoms with van der Waals surface area (Å²) >= 11 is 1.58. The molecule has 0 amide bonds. The van der Waals surface area contributed by atoms with Crippen molar-refractivity contribution in [2.75, 3.05) is 33.4 Å². The standard InChI is InChI=1S/C53H53N3O8S/c1-63-42-16-12-36(13-17-42)33-56-28-26-37(27-29-56)34-64-52(61)53(62,40-7-3-2-4-8-40)41-9-5-6-39(30-41)49-24-19-43(65-49)18-22-46(57)38-14-10-35(11-15-38)31-54-32-48(59)44-20-23-47(58)51-45(44)21-25-50(60)55-51/h2-17,19-21,23-25,30,37,48,54,58-59,62H,18,22,26-29,31-34H2,1H3,(H,55,60)/t48-,53-/m0/s1. The average molecular weight is 892 g/mol. The number of nitrogens with one attached hydrogen (secondary N) is 2. The van der Waals surface area contributed by atoms with E-state index in [1.807, 2.05) is 72.8 Å². The molecular weight excluding hydrogens is 839 g/mol. The summed E-state index contributed by atoms with van der Waals surface area (Å²) in [5.41, 5.74) is 3.01. The van der Waals surface area contributed by atoms with Crippen LogP contribution >= 0.6 is 11.3 Å². The molecular formula is C53H53N3O8S. The van der Waals surface area contributed by atoms with Crippen LogP contribution in [0.15, 0.2) is 144 Å². The van der Waals surface area contributed by atoms with E-state index < -0.39 is 17.7 Å². The number of phenols is 1. The second-order valence-electron chi connectivity index (χ2n) is 16.6. The first-order valence-electron chi connectivity index (χ1n) is 21.9. The van der Waals surface area contributed by atoms with Crippen LogP contribution in [0.2, 0.25) is 0 Å². The Morgan fingerprint density at radius 3 is 2.35 bits per heavy atom. The number of piperidine rings is 1. The van der Waals surface area contributed by atoms with Crippen LogP contribution in [0.4, 0.5) is 0 Å². The molecule has 1 saturated heterocycles. The van der Waals surface area contributed by atoms with Gasteiger partial charge in [0.15, 0.2) is 5.78 Å². The van der Waals surface area contributed by atoms with E-state index in [0.717, 1.165) is 59.1 Å². The maximum atomic E-state index is 14.0. The van der Waals surface area contributed by atoms with E-state index in [0.29, 0.717) is 47.0 Å². The minimum atomic E-state index is -2.02. The lowest BCUT2D eigenvalue weighted by Gasteiger charge is -2.33. The Hall–Kier alpha value is -6.41. The van der Waals surface area contributed by atoms with Gasteiger partial charge in [-0.2, -0.15) is 0 Å². The van der Waals surface area contributed by atoms with Crippen molar-refractivity contribution < 1.29 is 34.4 Å². The van der Waals surface area contributed by atoms with E-state index in [4.69, 9.17) is 9.47 Å². The van der Waals surface area contributed by atoms with Gasteiger partial charge < -0.3 is 35.1 Å². The third-order valence-corrected chi connectivity index (χ3v) is 13.4. The molecule has 1 fully saturated rings. The minimum absolute atomic E-state index is 0.0275. The predicted octanol–water partition coefficient (Wildman–Crippen LogP) is 8.30. The molecule has 2 atom stereocenters. The molecule has 12 heteroatoms. The van der Waals surface area contributed by atoms with Crippen LogP contribution in [0, 0.1) is 5.92 Å². The highest BCUT2D eigenvalue weighted by Crippen LogP contribution is 2.37. The van der Waals surface area contributed by atoms with Crippen molar-refractivity contribution in [2.45, 2.75) is 50.5 Å². The van der Waals surface area contributed by atoms with Crippen molar-refractivity contribution >= 4 is 34.0 Å². The Morgan fingerprint density at radius 1 is 0.862 bits per heavy atom. The van der Waals surface area contributed by atoms with Gasteiger partial charge in [-0.05, 0) is 109 Å². The normalized spacial score (nSPS) is 14.8. The number of hydrogen-bond acceptors (Lipinski definition) is 11. The van der Waals surface area contributed by atoms with Gasteiger partial charge in [0.25, 0.3) is 0 Å². The molecule has 334 valence electrons. The zero-order valence-electron chi connectivity index (χ0n) is 36.2. The number of benzene rings is 5. The largest absolute Gasteiger partial charge is 0.506 e. The van der Waals surface area contributed by atoms with Gasteiger partial charge in [0.2, 0.25) is 11.2 Å². The maximum Gasteiger partial charge on any atom is 0.347 e. The predicted molar refractivity (Wildman–Crippen MR) is 253 cm³/mol. The molecule has 0 unspecified atom stereocenters. The second-order valence-corrected chi connectivity index (χ2v) is 17.8. The fourth-order valence-electron chi connectivity index (χ4n) is 8.45. The Kier molecular flexibility index (Phi) is 14.3. The lowest BCUT2D eigenvalue weighted by molar-refractivity contribution is -0.164. The summed E-state index contributed by atoms with van der Waals surface area (Å²) < 4.78 is 11.2. The number of carbonyl (C=O) groups excluding carboxylic acids is 2. The number of ketones is 1. The number of hydrogen-bond donors (Lipinski definition) is 5. The number of likely N-dealkylation sites (tertiary alicyclic amines) is 1. The third-order valence-electron chi connectivity index (χ3n) is 12.2. The number of rotatable bonds is 18. The lowest BCUT2D eigenvalue weighted by Crippen LogP contribution is -2.40. The molecule has 0 aliphatic carbocycles. The molecule has 0 bridgehead atoms. The molecule has 0 spiro atoms. The van der Waals surface area contributed by atoms with Crippen molar-refractivity contribution in [1.29, 1.82) is 0 Å². The summed E-state index contributed by atoms with van der Waals surface area (Å²) in [6.07, 6.45) is 1.79. The molecule has 0 radical (unpaired) electrons. The molecule has 7 aromatic rings. The lowest BCUT2D eigenvalue weighted by atomic mass is 9.85. The number of methoxy groups -OCH3 is 1. The summed E-state index contributed by atoms with van der Waals surface area (Å²) in [5, 5.41) is 37.2. The number of thiophene rings is 1. The van der Waals surface area contributed by atoms with E-state index in [2.05, 4.69) is 27.3 Å². The van der Waals surface area contributed by atoms with Crippen molar-refractivity contribution in [1.82, 2.24) is 15.2 Å². The number of carbonyl (C=O) groups is 2. The molecule has 0 saturated carbocycles. The number of Topliss-reactive ketones (excluding diaryl/α,β-unsaturated/α-hetero) is 1. The van der Waals surface area contributed by atoms with Gasteiger partial charge in [-0.25, -0.2) is 4.79 Å². The minimum Gasteiger partial charge on any atom is -0.506 e. The Bertz CT molecular complexity index is 2780. The fourth-order valence-corrected chi connectivity index (χ4v) is 9.45. The van der Waals surface area contributed by atoms with Crippen LogP contribution in [-0.2, 0) is 34.6 Å². The number of ether oxygens (including phenoxy) is 2. The zero-order valence-corrected chi connectivity index (χ0v) is 37.1. The van der Waals surface area contributed by atoms with Gasteiger partial charge in [-0.1, -0.05) is 91.0 Å². The van der Waals surface area contributed by atoms with E-state index in [9.17, 15) is 29.7 Å². The summed E-state index contributed by atoms with van der Waals surface area (Å²) in [7, 11) is 1.66. The number of H-pyrrole nitrogens is 1. The Morgan fingerprint density at radius 2 is 1.60 bits per heavy atom. The van der Waals surface area contributed by atoms with Gasteiger partial charge >= 0.3 is 5.97 Å². The smallest absolute Gasteiger partial charge is 0.347 e. The number of aliphatic hydroxyl groups is 2. The first kappa shape index (κ1) is 45.2. The summed E-state index contributed by atoms with van der Waals surface area (Å²) in [6.45, 7) is 3.58. The summed E-state index contributed by atoms with van der Waals surface area (Å²) in [5.74, 6) is 0.299. The number of aryl methyl sites for hydroxylation is 1. The highest BCUT2D eigenvalue weighted by Gasteiger charge is 2.42. The molecule has 5 aromatic carbocycles. The molecule has 2 aromatic heterocycles. The molecule has 5 N–H and O–H groups in total. The van der Waals surface area contributed by atoms with Gasteiger partial charge in [0, 0.05) is 58.4 Å². The highest BCUT2D eigenvalue weighted by molar-refractivity contribution is 7.15. The molecule has 3 heterocycles. The third kappa shape index (κ3) is 10.8. The number of esters is 1. The average Bonchev–Trinajstić information content (AvgIpc) is 3.83. The molecule has 8 rings (SSSR count). The van der Waals surface area contributed by atoms with Crippen molar-refractivity contribution in [3.8, 4) is 21.9 Å². The number of aliphatic hydroxyl groups excluding tert-OH is 1. The molecule has 1 aliphatic rings. The van der Waals surface area contributed by atoms with Gasteiger partial charge in [-0.3, -0.25) is 14.5 Å². The first-order chi connectivity index (χ1) is 31.6. The topological polar surface area (TPSA) is 161 Å². The number of aromatic hydroxyl groups is 1. The van der Waals surface area contributed by atoms with Crippen LogP contribution in [0.5, 0.6) is 11.5 Å². The van der Waals surface area contributed by atoms with Crippen molar-refractivity contribution in [2.24, 2.45) is 5.92 Å². The van der Waals surface area contributed by atoms with Crippen LogP contribution in [0.3, 0.4) is 0 Å². The summed E-state index contributed by atoms with van der Waals surface area (Å²) in [4.78, 5) is 46.1.